The molecule has 2 unspecified atom stereocenters. The van der Waals surface area contributed by atoms with Gasteiger partial charge in [-0.15, -0.1) is 0 Å². The van der Waals surface area contributed by atoms with E-state index < -0.39 is 0 Å². The first-order chi connectivity index (χ1) is 10.1. The lowest BCUT2D eigenvalue weighted by Crippen LogP contribution is -2.61. The fourth-order valence-electron chi connectivity index (χ4n) is 3.76. The third-order valence-corrected chi connectivity index (χ3v) is 5.64. The molecule has 3 rings (SSSR count). The molecule has 116 valence electrons. The van der Waals surface area contributed by atoms with E-state index >= 15 is 0 Å². The molecular formula is C17H24BrFN2. The van der Waals surface area contributed by atoms with Gasteiger partial charge < -0.3 is 4.90 Å². The van der Waals surface area contributed by atoms with Gasteiger partial charge in [-0.05, 0) is 59.4 Å². The van der Waals surface area contributed by atoms with Crippen LogP contribution in [0.25, 0.3) is 0 Å². The van der Waals surface area contributed by atoms with Gasteiger partial charge in [0.1, 0.15) is 5.82 Å². The lowest BCUT2D eigenvalue weighted by molar-refractivity contribution is 0.100. The molecule has 4 heteroatoms. The zero-order valence-corrected chi connectivity index (χ0v) is 14.4. The maximum absolute atomic E-state index is 13.7. The topological polar surface area (TPSA) is 6.48 Å². The predicted octanol–water partition coefficient (Wildman–Crippen LogP) is 4.29. The Morgan fingerprint density at radius 2 is 2.05 bits per heavy atom. The second-order valence-corrected chi connectivity index (χ2v) is 7.56. The first-order valence-electron chi connectivity index (χ1n) is 8.02. The molecule has 2 saturated heterocycles. The van der Waals surface area contributed by atoms with Crippen molar-refractivity contribution in [3.63, 3.8) is 0 Å². The van der Waals surface area contributed by atoms with Crippen LogP contribution >= 0.6 is 15.9 Å². The van der Waals surface area contributed by atoms with Gasteiger partial charge in [0.15, 0.2) is 0 Å². The molecule has 2 aliphatic rings. The number of halogens is 2. The number of nitrogens with zero attached hydrogens (tertiary/aromatic N) is 2. The van der Waals surface area contributed by atoms with Crippen LogP contribution in [-0.4, -0.2) is 36.6 Å². The Labute approximate surface area is 135 Å². The highest BCUT2D eigenvalue weighted by molar-refractivity contribution is 9.10. The summed E-state index contributed by atoms with van der Waals surface area (Å²) in [5.41, 5.74) is 1.01. The van der Waals surface area contributed by atoms with Gasteiger partial charge in [0, 0.05) is 29.6 Å². The minimum atomic E-state index is -0.151. The lowest BCUT2D eigenvalue weighted by atomic mass is 9.91. The van der Waals surface area contributed by atoms with Crippen molar-refractivity contribution in [2.24, 2.45) is 5.92 Å². The van der Waals surface area contributed by atoms with Crippen LogP contribution in [0.5, 0.6) is 0 Å². The minimum absolute atomic E-state index is 0.151. The van der Waals surface area contributed by atoms with E-state index in [0.717, 1.165) is 23.2 Å². The normalized spacial score (nSPS) is 27.0. The number of anilines is 1. The maximum atomic E-state index is 13.7. The van der Waals surface area contributed by atoms with Crippen molar-refractivity contribution in [2.45, 2.75) is 45.2 Å². The largest absolute Gasteiger partial charge is 0.364 e. The van der Waals surface area contributed by atoms with Crippen molar-refractivity contribution in [3.05, 3.63) is 28.5 Å². The van der Waals surface area contributed by atoms with Crippen molar-refractivity contribution in [1.29, 1.82) is 0 Å². The monoisotopic (exact) mass is 354 g/mol. The van der Waals surface area contributed by atoms with Crippen molar-refractivity contribution in [2.75, 3.05) is 24.5 Å². The molecule has 0 saturated carbocycles. The Morgan fingerprint density at radius 3 is 2.81 bits per heavy atom. The summed E-state index contributed by atoms with van der Waals surface area (Å²) in [5, 5.41) is 0. The molecular weight excluding hydrogens is 331 g/mol. The summed E-state index contributed by atoms with van der Waals surface area (Å²) in [6, 6.07) is 6.11. The average molecular weight is 355 g/mol. The smallest absolute Gasteiger partial charge is 0.125 e. The number of benzene rings is 1. The molecule has 0 aromatic heterocycles. The van der Waals surface area contributed by atoms with E-state index in [0.29, 0.717) is 18.0 Å². The van der Waals surface area contributed by atoms with E-state index in [1.807, 2.05) is 6.07 Å². The third kappa shape index (κ3) is 3.11. The zero-order chi connectivity index (χ0) is 15.0. The van der Waals surface area contributed by atoms with Crippen LogP contribution in [0.15, 0.2) is 22.7 Å². The molecule has 0 spiro atoms. The summed E-state index contributed by atoms with van der Waals surface area (Å²) in [6.45, 7) is 7.90. The first kappa shape index (κ1) is 15.3. The number of hydrogen-bond acceptors (Lipinski definition) is 2. The van der Waals surface area contributed by atoms with Gasteiger partial charge in [0.2, 0.25) is 0 Å². The molecule has 0 bridgehead atoms. The number of hydrogen-bond donors (Lipinski definition) is 0. The summed E-state index contributed by atoms with van der Waals surface area (Å²) >= 11 is 3.61. The Balaban J connectivity index is 1.91. The van der Waals surface area contributed by atoms with Gasteiger partial charge in [-0.3, -0.25) is 4.90 Å². The Bertz CT molecular complexity index is 506. The van der Waals surface area contributed by atoms with Gasteiger partial charge in [-0.1, -0.05) is 20.3 Å². The number of piperazine rings is 1. The van der Waals surface area contributed by atoms with Gasteiger partial charge >= 0.3 is 0 Å². The molecule has 0 N–H and O–H groups in total. The fourth-order valence-corrected chi connectivity index (χ4v) is 4.24. The molecule has 0 aliphatic carbocycles. The number of piperidine rings is 1. The molecule has 2 nitrogen and oxygen atoms in total. The summed E-state index contributed by atoms with van der Waals surface area (Å²) in [6.07, 6.45) is 3.92. The van der Waals surface area contributed by atoms with Crippen molar-refractivity contribution in [1.82, 2.24) is 4.90 Å². The quantitative estimate of drug-likeness (QED) is 0.781. The number of fused-ring (bicyclic) bond motifs is 1. The summed E-state index contributed by atoms with van der Waals surface area (Å²) < 4.78 is 14.7. The average Bonchev–Trinajstić information content (AvgIpc) is 2.48. The van der Waals surface area contributed by atoms with Crippen LogP contribution in [0.1, 0.15) is 33.1 Å². The van der Waals surface area contributed by atoms with Crippen LogP contribution < -0.4 is 4.90 Å². The van der Waals surface area contributed by atoms with E-state index in [9.17, 15) is 4.39 Å². The van der Waals surface area contributed by atoms with Gasteiger partial charge in [0.25, 0.3) is 0 Å². The summed E-state index contributed by atoms with van der Waals surface area (Å²) in [4.78, 5) is 5.09. The van der Waals surface area contributed by atoms with Crippen molar-refractivity contribution in [3.8, 4) is 0 Å². The Morgan fingerprint density at radius 1 is 1.24 bits per heavy atom. The zero-order valence-electron chi connectivity index (χ0n) is 12.9. The molecule has 2 fully saturated rings. The standard InChI is InChI=1S/C17H24BrFN2/c1-12(2)17-11-20-8-4-3-5-14(20)10-21(17)16-9-13(19)6-7-15(16)18/h6-7,9,12,14,17H,3-5,8,10-11H2,1-2H3. The Kier molecular flexibility index (Phi) is 4.55. The molecule has 1 aromatic rings. The summed E-state index contributed by atoms with van der Waals surface area (Å²) in [5.74, 6) is 0.407. The third-order valence-electron chi connectivity index (χ3n) is 4.97. The molecule has 2 aliphatic heterocycles. The molecule has 2 atom stereocenters. The van der Waals surface area contributed by atoms with Gasteiger partial charge in [-0.2, -0.15) is 0 Å². The van der Waals surface area contributed by atoms with E-state index in [-0.39, 0.29) is 5.82 Å². The van der Waals surface area contributed by atoms with Crippen LogP contribution in [-0.2, 0) is 0 Å². The molecule has 0 radical (unpaired) electrons. The van der Waals surface area contributed by atoms with Gasteiger partial charge in [0.05, 0.1) is 5.69 Å². The van der Waals surface area contributed by atoms with Crippen LogP contribution in [0.3, 0.4) is 0 Å². The van der Waals surface area contributed by atoms with E-state index in [2.05, 4.69) is 39.6 Å². The predicted molar refractivity (Wildman–Crippen MR) is 89.3 cm³/mol. The maximum Gasteiger partial charge on any atom is 0.125 e. The molecule has 2 heterocycles. The van der Waals surface area contributed by atoms with Crippen LogP contribution in [0.4, 0.5) is 10.1 Å². The number of rotatable bonds is 2. The fraction of sp³-hybridized carbons (Fsp3) is 0.647. The minimum Gasteiger partial charge on any atom is -0.364 e. The molecule has 0 amide bonds. The highest BCUT2D eigenvalue weighted by atomic mass is 79.9. The highest BCUT2D eigenvalue weighted by Gasteiger charge is 2.36. The first-order valence-corrected chi connectivity index (χ1v) is 8.81. The van der Waals surface area contributed by atoms with E-state index in [1.165, 1.54) is 31.9 Å². The van der Waals surface area contributed by atoms with Crippen molar-refractivity contribution >= 4 is 21.6 Å². The molecule has 1 aromatic carbocycles. The summed E-state index contributed by atoms with van der Waals surface area (Å²) in [7, 11) is 0. The lowest BCUT2D eigenvalue weighted by Gasteiger charge is -2.51. The van der Waals surface area contributed by atoms with Crippen LogP contribution in [0, 0.1) is 11.7 Å². The van der Waals surface area contributed by atoms with E-state index in [1.54, 1.807) is 6.07 Å². The molecule has 21 heavy (non-hydrogen) atoms. The van der Waals surface area contributed by atoms with E-state index in [4.69, 9.17) is 0 Å². The second kappa shape index (κ2) is 6.25. The second-order valence-electron chi connectivity index (χ2n) is 6.70. The van der Waals surface area contributed by atoms with Crippen LogP contribution in [0.2, 0.25) is 0 Å². The SMILES string of the molecule is CC(C)C1CN2CCCCC2CN1c1cc(F)ccc1Br. The highest BCUT2D eigenvalue weighted by Crippen LogP contribution is 2.35. The van der Waals surface area contributed by atoms with Gasteiger partial charge in [-0.25, -0.2) is 4.39 Å². The van der Waals surface area contributed by atoms with Crippen molar-refractivity contribution < 1.29 is 4.39 Å². The Hall–Kier alpha value is -0.610.